The minimum Gasteiger partial charge on any atom is -0.497 e. The molecule has 0 bridgehead atoms. The van der Waals surface area contributed by atoms with E-state index in [-0.39, 0.29) is 48.7 Å². The van der Waals surface area contributed by atoms with Gasteiger partial charge >= 0.3 is 6.18 Å². The van der Waals surface area contributed by atoms with Gasteiger partial charge in [0.15, 0.2) is 0 Å². The molecule has 0 saturated carbocycles. The third kappa shape index (κ3) is 5.59. The third-order valence-electron chi connectivity index (χ3n) is 6.88. The zero-order valence-electron chi connectivity index (χ0n) is 21.1. The number of nitrogens with two attached hydrogens (primary N) is 1. The summed E-state index contributed by atoms with van der Waals surface area (Å²) < 4.78 is 71.5. The van der Waals surface area contributed by atoms with E-state index in [1.165, 1.54) is 35.0 Å². The lowest BCUT2D eigenvalue weighted by molar-refractivity contribution is -0.138. The van der Waals surface area contributed by atoms with Crippen molar-refractivity contribution in [2.75, 3.05) is 20.2 Å². The van der Waals surface area contributed by atoms with E-state index in [4.69, 9.17) is 9.88 Å². The highest BCUT2D eigenvalue weighted by Crippen LogP contribution is 2.37. The number of ether oxygens (including phenoxy) is 1. The number of carbonyl (C=O) groups excluding carboxylic acids is 2. The number of imide groups is 1. The van der Waals surface area contributed by atoms with Crippen molar-refractivity contribution >= 4 is 50.1 Å². The number of piperidine rings is 1. The van der Waals surface area contributed by atoms with E-state index >= 15 is 0 Å². The van der Waals surface area contributed by atoms with Crippen molar-refractivity contribution in [1.29, 1.82) is 0 Å². The molecule has 3 aromatic rings. The van der Waals surface area contributed by atoms with Crippen LogP contribution in [0.5, 0.6) is 5.75 Å². The number of thioether (sulfide) groups is 1. The molecular weight excluding hydrogens is 571 g/mol. The van der Waals surface area contributed by atoms with Crippen LogP contribution in [0.2, 0.25) is 0 Å². The molecule has 2 aliphatic heterocycles. The van der Waals surface area contributed by atoms with Gasteiger partial charge in [-0.25, -0.2) is 5.14 Å². The largest absolute Gasteiger partial charge is 0.497 e. The molecular formula is C25H24F3N5O5S2. The van der Waals surface area contributed by atoms with Crippen molar-refractivity contribution in [2.24, 2.45) is 5.14 Å². The first kappa shape index (κ1) is 28.1. The van der Waals surface area contributed by atoms with Crippen LogP contribution in [0.25, 0.3) is 17.0 Å². The van der Waals surface area contributed by atoms with Gasteiger partial charge in [0.25, 0.3) is 21.4 Å². The summed E-state index contributed by atoms with van der Waals surface area (Å²) in [5.74, 6) is -0.358. The predicted octanol–water partition coefficient (Wildman–Crippen LogP) is 3.82. The normalized spacial score (nSPS) is 18.8. The number of carbonyl (C=O) groups is 2. The Balaban J connectivity index is 1.34. The van der Waals surface area contributed by atoms with Crippen molar-refractivity contribution in [3.8, 4) is 5.75 Å². The van der Waals surface area contributed by atoms with Crippen LogP contribution < -0.4 is 9.88 Å². The average molecular weight is 596 g/mol. The lowest BCUT2D eigenvalue weighted by atomic mass is 10.0. The zero-order chi connectivity index (χ0) is 28.8. The highest BCUT2D eigenvalue weighted by atomic mass is 32.2. The Morgan fingerprint density at radius 3 is 2.52 bits per heavy atom. The molecule has 0 radical (unpaired) electrons. The highest BCUT2D eigenvalue weighted by molar-refractivity contribution is 8.18. The number of alkyl halides is 3. The molecule has 0 aliphatic carbocycles. The maximum absolute atomic E-state index is 13.6. The topological polar surface area (TPSA) is 128 Å². The summed E-state index contributed by atoms with van der Waals surface area (Å²) in [6.07, 6.45) is -0.892. The van der Waals surface area contributed by atoms with Gasteiger partial charge in [-0.15, -0.1) is 0 Å². The van der Waals surface area contributed by atoms with Crippen LogP contribution in [0.15, 0.2) is 47.5 Å². The molecule has 1 aromatic heterocycles. The fourth-order valence-electron chi connectivity index (χ4n) is 4.87. The maximum atomic E-state index is 13.6. The summed E-state index contributed by atoms with van der Waals surface area (Å²) in [5, 5.41) is 9.64. The molecule has 3 heterocycles. The molecule has 40 heavy (non-hydrogen) atoms. The minimum absolute atomic E-state index is 0.0333. The van der Waals surface area contributed by atoms with E-state index < -0.39 is 39.1 Å². The molecule has 0 unspecified atom stereocenters. The van der Waals surface area contributed by atoms with Crippen LogP contribution in [-0.4, -0.2) is 64.8 Å². The Morgan fingerprint density at radius 2 is 1.88 bits per heavy atom. The van der Waals surface area contributed by atoms with Gasteiger partial charge in [0.2, 0.25) is 0 Å². The van der Waals surface area contributed by atoms with E-state index in [0.717, 1.165) is 22.1 Å². The predicted molar refractivity (Wildman–Crippen MR) is 142 cm³/mol. The van der Waals surface area contributed by atoms with Crippen LogP contribution in [0.4, 0.5) is 18.0 Å². The van der Waals surface area contributed by atoms with Crippen LogP contribution in [-0.2, 0) is 27.7 Å². The standard InChI is InChI=1S/C25H24F3N5O5S2/c1-38-19-4-3-16(20(12-19)25(26,27)28)14-32-21-5-2-15(10-17(21)13-30-32)11-22-23(34)33(24(35)39-22)18-6-8-31(9-7-18)40(29,36)37/h2-5,10-13,18H,6-9,14H2,1H3,(H2,29,36,37)/b22-11-. The lowest BCUT2D eigenvalue weighted by Gasteiger charge is -2.33. The molecule has 15 heteroatoms. The van der Waals surface area contributed by atoms with Crippen molar-refractivity contribution in [2.45, 2.75) is 31.6 Å². The lowest BCUT2D eigenvalue weighted by Crippen LogP contribution is -2.49. The average Bonchev–Trinajstić information content (AvgIpc) is 3.42. The second-order valence-corrected chi connectivity index (χ2v) is 11.9. The van der Waals surface area contributed by atoms with E-state index in [1.54, 1.807) is 24.3 Å². The van der Waals surface area contributed by atoms with Gasteiger partial charge in [-0.2, -0.15) is 31.0 Å². The third-order valence-corrected chi connectivity index (χ3v) is 8.85. The molecule has 212 valence electrons. The summed E-state index contributed by atoms with van der Waals surface area (Å²) in [6, 6.07) is 8.46. The van der Waals surface area contributed by atoms with Gasteiger partial charge in [0.05, 0.1) is 35.8 Å². The Kier molecular flexibility index (Phi) is 7.41. The van der Waals surface area contributed by atoms with Crippen molar-refractivity contribution in [3.05, 3.63) is 64.2 Å². The van der Waals surface area contributed by atoms with Gasteiger partial charge in [-0.3, -0.25) is 19.2 Å². The molecule has 2 aliphatic rings. The van der Waals surface area contributed by atoms with Gasteiger partial charge in [0, 0.05) is 24.5 Å². The molecule has 5 rings (SSSR count). The number of amides is 2. The number of halogens is 3. The summed E-state index contributed by atoms with van der Waals surface area (Å²) in [4.78, 5) is 27.1. The molecule has 2 saturated heterocycles. The van der Waals surface area contributed by atoms with Crippen molar-refractivity contribution in [1.82, 2.24) is 19.0 Å². The first-order valence-corrected chi connectivity index (χ1v) is 14.4. The van der Waals surface area contributed by atoms with Gasteiger partial charge in [-0.1, -0.05) is 12.1 Å². The van der Waals surface area contributed by atoms with Gasteiger partial charge in [0.1, 0.15) is 5.75 Å². The first-order valence-electron chi connectivity index (χ1n) is 12.1. The summed E-state index contributed by atoms with van der Waals surface area (Å²) in [6.45, 7) is 0.114. The number of rotatable bonds is 6. The molecule has 10 nitrogen and oxygen atoms in total. The molecule has 2 N–H and O–H groups in total. The monoisotopic (exact) mass is 595 g/mol. The van der Waals surface area contributed by atoms with Crippen LogP contribution in [0.3, 0.4) is 0 Å². The Hall–Kier alpha value is -3.40. The van der Waals surface area contributed by atoms with E-state index in [2.05, 4.69) is 5.10 Å². The SMILES string of the molecule is COc1ccc(Cn2ncc3cc(/C=C4\SC(=O)N(C5CCN(S(N)(=O)=O)CC5)C4=O)ccc32)c(C(F)(F)F)c1. The van der Waals surface area contributed by atoms with E-state index in [0.29, 0.717) is 16.5 Å². The Labute approximate surface area is 231 Å². The van der Waals surface area contributed by atoms with Crippen LogP contribution >= 0.6 is 11.8 Å². The fourth-order valence-corrected chi connectivity index (χ4v) is 6.49. The highest BCUT2D eigenvalue weighted by Gasteiger charge is 2.41. The van der Waals surface area contributed by atoms with Crippen LogP contribution in [0, 0.1) is 0 Å². The molecule has 0 spiro atoms. The maximum Gasteiger partial charge on any atom is 0.416 e. The summed E-state index contributed by atoms with van der Waals surface area (Å²) >= 11 is 0.800. The van der Waals surface area contributed by atoms with Crippen molar-refractivity contribution in [3.63, 3.8) is 0 Å². The van der Waals surface area contributed by atoms with E-state index in [9.17, 15) is 31.2 Å². The summed E-state index contributed by atoms with van der Waals surface area (Å²) in [5.41, 5.74) is 0.432. The van der Waals surface area contributed by atoms with Gasteiger partial charge < -0.3 is 4.74 Å². The Bertz CT molecular complexity index is 1630. The number of benzene rings is 2. The number of nitrogens with zero attached hydrogens (tertiary/aromatic N) is 4. The first-order chi connectivity index (χ1) is 18.8. The molecule has 2 fully saturated rings. The number of methoxy groups -OCH3 is 1. The quantitative estimate of drug-likeness (QED) is 0.429. The number of hydrogen-bond acceptors (Lipinski definition) is 7. The number of hydrogen-bond donors (Lipinski definition) is 1. The van der Waals surface area contributed by atoms with Crippen LogP contribution in [0.1, 0.15) is 29.5 Å². The second-order valence-electron chi connectivity index (χ2n) is 9.37. The minimum atomic E-state index is -4.57. The smallest absolute Gasteiger partial charge is 0.416 e. The van der Waals surface area contributed by atoms with Gasteiger partial charge in [-0.05, 0) is 66.1 Å². The number of aromatic nitrogens is 2. The second kappa shape index (κ2) is 10.5. The summed E-state index contributed by atoms with van der Waals surface area (Å²) in [7, 11) is -2.53. The number of fused-ring (bicyclic) bond motifs is 1. The molecule has 0 atom stereocenters. The van der Waals surface area contributed by atoms with Crippen molar-refractivity contribution < 1.29 is 35.9 Å². The Morgan fingerprint density at radius 1 is 1.15 bits per heavy atom. The fraction of sp³-hybridized carbons (Fsp3) is 0.320. The zero-order valence-corrected chi connectivity index (χ0v) is 22.7. The van der Waals surface area contributed by atoms with E-state index in [1.807, 2.05) is 0 Å². The molecule has 2 aromatic carbocycles. The molecule has 2 amide bonds.